The van der Waals surface area contributed by atoms with Gasteiger partial charge in [-0.3, -0.25) is 4.79 Å². The summed E-state index contributed by atoms with van der Waals surface area (Å²) >= 11 is 0. The second-order valence-electron chi connectivity index (χ2n) is 7.69. The van der Waals surface area contributed by atoms with Crippen LogP contribution in [0.25, 0.3) is 11.4 Å². The number of para-hydroxylation sites is 1. The van der Waals surface area contributed by atoms with Crippen molar-refractivity contribution < 1.29 is 14.4 Å². The number of ether oxygens (including phenoxy) is 1. The number of carbonyl (C=O) groups excluding carboxylic acids is 1. The summed E-state index contributed by atoms with van der Waals surface area (Å²) in [6.45, 7) is 8.69. The lowest BCUT2D eigenvalue weighted by atomic mass is 10.1. The van der Waals surface area contributed by atoms with Gasteiger partial charge in [0.15, 0.2) is 0 Å². The molecule has 2 heterocycles. The van der Waals surface area contributed by atoms with E-state index < -0.39 is 0 Å². The topological polar surface area (TPSA) is 86.4 Å². The molecule has 2 aromatic carbocycles. The summed E-state index contributed by atoms with van der Waals surface area (Å²) in [4.78, 5) is 15.3. The van der Waals surface area contributed by atoms with Crippen LogP contribution in [0.3, 0.4) is 0 Å². The fraction of sp³-hybridized carbons (Fsp3) is 0.364. The third-order valence-electron chi connectivity index (χ3n) is 5.35. The fourth-order valence-electron chi connectivity index (χ4n) is 3.64. The SMILES string of the molecule is Cc1cccc(C)c1NC(=O)Cn1nnc(-c2ccc(C[NH+]3CCOCC3)cc2)n1. The number of aromatic nitrogens is 4. The maximum Gasteiger partial charge on any atom is 0.248 e. The van der Waals surface area contributed by atoms with E-state index in [2.05, 4.69) is 32.9 Å². The Labute approximate surface area is 175 Å². The highest BCUT2D eigenvalue weighted by atomic mass is 16.5. The van der Waals surface area contributed by atoms with Gasteiger partial charge in [0.05, 0.1) is 13.2 Å². The van der Waals surface area contributed by atoms with Crippen molar-refractivity contribution in [3.63, 3.8) is 0 Å². The number of aryl methyl sites for hydroxylation is 2. The summed E-state index contributed by atoms with van der Waals surface area (Å²) in [5.74, 6) is 0.334. The molecule has 0 spiro atoms. The van der Waals surface area contributed by atoms with E-state index in [1.54, 1.807) is 0 Å². The van der Waals surface area contributed by atoms with Gasteiger partial charge in [-0.25, -0.2) is 0 Å². The van der Waals surface area contributed by atoms with Gasteiger partial charge in [-0.2, -0.15) is 4.80 Å². The Bertz CT molecular complexity index is 988. The zero-order valence-electron chi connectivity index (χ0n) is 17.4. The highest BCUT2D eigenvalue weighted by Crippen LogP contribution is 2.19. The average Bonchev–Trinajstić information content (AvgIpc) is 3.20. The maximum absolute atomic E-state index is 12.4. The molecule has 0 bridgehead atoms. The minimum absolute atomic E-state index is 0.0131. The molecule has 2 N–H and O–H groups in total. The summed E-state index contributed by atoms with van der Waals surface area (Å²) in [6.07, 6.45) is 0. The number of hydrogen-bond donors (Lipinski definition) is 2. The van der Waals surface area contributed by atoms with E-state index in [1.807, 2.05) is 44.2 Å². The Balaban J connectivity index is 1.37. The minimum atomic E-state index is -0.180. The summed E-state index contributed by atoms with van der Waals surface area (Å²) in [6, 6.07) is 14.1. The van der Waals surface area contributed by atoms with Crippen molar-refractivity contribution in [3.05, 3.63) is 59.2 Å². The molecular weight excluding hydrogens is 380 g/mol. The number of carbonyl (C=O) groups is 1. The van der Waals surface area contributed by atoms with Crippen LogP contribution in [0.4, 0.5) is 5.69 Å². The number of hydrogen-bond acceptors (Lipinski definition) is 5. The molecule has 0 saturated carbocycles. The highest BCUT2D eigenvalue weighted by molar-refractivity contribution is 5.92. The first-order chi connectivity index (χ1) is 14.6. The molecule has 1 fully saturated rings. The number of quaternary nitrogens is 1. The number of rotatable bonds is 6. The van der Waals surface area contributed by atoms with Crippen molar-refractivity contribution in [2.45, 2.75) is 26.9 Å². The smallest absolute Gasteiger partial charge is 0.248 e. The lowest BCUT2D eigenvalue weighted by Crippen LogP contribution is -3.12. The van der Waals surface area contributed by atoms with Gasteiger partial charge < -0.3 is 15.0 Å². The predicted molar refractivity (Wildman–Crippen MR) is 113 cm³/mol. The lowest BCUT2D eigenvalue weighted by Gasteiger charge is -2.23. The van der Waals surface area contributed by atoms with Crippen LogP contribution in [0, 0.1) is 13.8 Å². The van der Waals surface area contributed by atoms with E-state index in [0.717, 1.165) is 55.2 Å². The van der Waals surface area contributed by atoms with Crippen LogP contribution in [0.1, 0.15) is 16.7 Å². The van der Waals surface area contributed by atoms with E-state index in [0.29, 0.717) is 5.82 Å². The van der Waals surface area contributed by atoms with Gasteiger partial charge in [-0.15, -0.1) is 10.2 Å². The lowest BCUT2D eigenvalue weighted by molar-refractivity contribution is -0.921. The molecule has 8 heteroatoms. The molecule has 8 nitrogen and oxygen atoms in total. The first kappa shape index (κ1) is 20.2. The number of nitrogens with one attached hydrogen (secondary N) is 2. The van der Waals surface area contributed by atoms with E-state index in [9.17, 15) is 4.79 Å². The maximum atomic E-state index is 12.4. The van der Waals surface area contributed by atoms with Crippen LogP contribution < -0.4 is 10.2 Å². The monoisotopic (exact) mass is 407 g/mol. The van der Waals surface area contributed by atoms with Crippen LogP contribution in [0.5, 0.6) is 0 Å². The van der Waals surface area contributed by atoms with Gasteiger partial charge >= 0.3 is 0 Å². The van der Waals surface area contributed by atoms with Crippen molar-refractivity contribution in [2.75, 3.05) is 31.6 Å². The van der Waals surface area contributed by atoms with Crippen LogP contribution in [0.15, 0.2) is 42.5 Å². The first-order valence-corrected chi connectivity index (χ1v) is 10.2. The molecule has 156 valence electrons. The van der Waals surface area contributed by atoms with Gasteiger partial charge in [0.25, 0.3) is 0 Å². The van der Waals surface area contributed by atoms with Crippen LogP contribution in [-0.4, -0.2) is 52.4 Å². The summed E-state index contributed by atoms with van der Waals surface area (Å²) in [5.41, 5.74) is 5.04. The molecule has 0 aliphatic carbocycles. The molecule has 1 saturated heterocycles. The second kappa shape index (κ2) is 9.15. The normalized spacial score (nSPS) is 14.6. The van der Waals surface area contributed by atoms with Gasteiger partial charge in [0.1, 0.15) is 26.2 Å². The van der Waals surface area contributed by atoms with E-state index in [-0.39, 0.29) is 12.5 Å². The van der Waals surface area contributed by atoms with Crippen molar-refractivity contribution >= 4 is 11.6 Å². The molecular formula is C22H27N6O2+. The largest absolute Gasteiger partial charge is 0.370 e. The standard InChI is InChI=1S/C22H26N6O2/c1-16-4-3-5-17(2)21(16)23-20(29)15-28-25-22(24-26-28)19-8-6-18(7-9-19)14-27-10-12-30-13-11-27/h3-9H,10-15H2,1-2H3,(H,23,29)/p+1. The van der Waals surface area contributed by atoms with Crippen molar-refractivity contribution in [1.82, 2.24) is 20.2 Å². The predicted octanol–water partition coefficient (Wildman–Crippen LogP) is 1.01. The van der Waals surface area contributed by atoms with Crippen LogP contribution in [0.2, 0.25) is 0 Å². The molecule has 0 unspecified atom stereocenters. The van der Waals surface area contributed by atoms with Gasteiger partial charge in [0.2, 0.25) is 11.7 Å². The third kappa shape index (κ3) is 4.90. The minimum Gasteiger partial charge on any atom is -0.370 e. The number of morpholine rings is 1. The van der Waals surface area contributed by atoms with E-state index in [1.165, 1.54) is 15.3 Å². The Hall–Kier alpha value is -3.10. The van der Waals surface area contributed by atoms with Gasteiger partial charge in [-0.05, 0) is 30.2 Å². The molecule has 1 aliphatic heterocycles. The molecule has 30 heavy (non-hydrogen) atoms. The third-order valence-corrected chi connectivity index (χ3v) is 5.35. The molecule has 0 atom stereocenters. The van der Waals surface area contributed by atoms with E-state index >= 15 is 0 Å². The molecule has 1 aromatic heterocycles. The van der Waals surface area contributed by atoms with Crippen molar-refractivity contribution in [2.24, 2.45) is 0 Å². The zero-order chi connectivity index (χ0) is 20.9. The van der Waals surface area contributed by atoms with Gasteiger partial charge in [0, 0.05) is 16.8 Å². The number of nitrogens with zero attached hydrogens (tertiary/aromatic N) is 4. The molecule has 0 radical (unpaired) electrons. The van der Waals surface area contributed by atoms with Crippen molar-refractivity contribution in [3.8, 4) is 11.4 Å². The highest BCUT2D eigenvalue weighted by Gasteiger charge is 2.15. The molecule has 3 aromatic rings. The number of amides is 1. The molecule has 1 amide bonds. The summed E-state index contributed by atoms with van der Waals surface area (Å²) < 4.78 is 5.41. The summed E-state index contributed by atoms with van der Waals surface area (Å²) in [5, 5.41) is 15.4. The Morgan fingerprint density at radius 2 is 1.80 bits per heavy atom. The fourth-order valence-corrected chi connectivity index (χ4v) is 3.64. The Kier molecular flexibility index (Phi) is 6.15. The van der Waals surface area contributed by atoms with Crippen LogP contribution in [-0.2, 0) is 22.6 Å². The van der Waals surface area contributed by atoms with E-state index in [4.69, 9.17) is 4.74 Å². The molecule has 4 rings (SSSR count). The second-order valence-corrected chi connectivity index (χ2v) is 7.69. The van der Waals surface area contributed by atoms with Crippen LogP contribution >= 0.6 is 0 Å². The average molecular weight is 407 g/mol. The summed E-state index contributed by atoms with van der Waals surface area (Å²) in [7, 11) is 0. The molecule has 1 aliphatic rings. The van der Waals surface area contributed by atoms with Crippen molar-refractivity contribution in [1.29, 1.82) is 0 Å². The number of tetrazole rings is 1. The Morgan fingerprint density at radius 1 is 1.10 bits per heavy atom. The van der Waals surface area contributed by atoms with Gasteiger partial charge in [-0.1, -0.05) is 42.5 Å². The zero-order valence-corrected chi connectivity index (χ0v) is 17.4. The Morgan fingerprint density at radius 3 is 2.50 bits per heavy atom. The quantitative estimate of drug-likeness (QED) is 0.637. The number of anilines is 1. The number of benzene rings is 2. The first-order valence-electron chi connectivity index (χ1n) is 10.2.